The van der Waals surface area contributed by atoms with Crippen LogP contribution in [0.2, 0.25) is 0 Å². The zero-order valence-electron chi connectivity index (χ0n) is 16.5. The quantitative estimate of drug-likeness (QED) is 0.637. The fourth-order valence-corrected chi connectivity index (χ4v) is 3.50. The molecule has 5 nitrogen and oxygen atoms in total. The van der Waals surface area contributed by atoms with Crippen molar-refractivity contribution < 1.29 is 9.53 Å². The van der Waals surface area contributed by atoms with Crippen molar-refractivity contribution >= 4 is 17.3 Å². The Morgan fingerprint density at radius 3 is 2.46 bits per heavy atom. The van der Waals surface area contributed by atoms with E-state index in [1.807, 2.05) is 31.3 Å². The van der Waals surface area contributed by atoms with Crippen LogP contribution in [-0.4, -0.2) is 20.1 Å². The maximum absolute atomic E-state index is 12.5. The molecule has 0 saturated heterocycles. The van der Waals surface area contributed by atoms with Gasteiger partial charge in [0.2, 0.25) is 0 Å². The van der Waals surface area contributed by atoms with Crippen LogP contribution in [0.15, 0.2) is 72.0 Å². The summed E-state index contributed by atoms with van der Waals surface area (Å²) < 4.78 is 5.11. The highest BCUT2D eigenvalue weighted by Gasteiger charge is 2.37. The maximum atomic E-state index is 12.5. The largest absolute Gasteiger partial charge is 0.497 e. The predicted molar refractivity (Wildman–Crippen MR) is 111 cm³/mol. The SMILES string of the molecule is COc1ccc(NC(=O)/C(C#N)=C/C=C2/N(C)c3ccccc3C2(C)C)cc1. The van der Waals surface area contributed by atoms with Gasteiger partial charge in [-0.3, -0.25) is 4.79 Å². The number of ether oxygens (including phenoxy) is 1. The van der Waals surface area contributed by atoms with Gasteiger partial charge in [-0.05, 0) is 48.0 Å². The summed E-state index contributed by atoms with van der Waals surface area (Å²) in [7, 11) is 3.58. The number of para-hydroxylation sites is 1. The zero-order chi connectivity index (χ0) is 20.3. The van der Waals surface area contributed by atoms with Crippen molar-refractivity contribution in [2.24, 2.45) is 0 Å². The average molecular weight is 373 g/mol. The van der Waals surface area contributed by atoms with E-state index in [1.54, 1.807) is 37.5 Å². The standard InChI is InChI=1S/C23H23N3O2/c1-23(2)19-7-5-6-8-20(19)26(3)21(23)14-9-16(15-24)22(27)25-17-10-12-18(28-4)13-11-17/h5-14H,1-4H3,(H,25,27)/b16-9+,21-14+. The van der Waals surface area contributed by atoms with Crippen LogP contribution in [0.25, 0.3) is 0 Å². The van der Waals surface area contributed by atoms with Crippen LogP contribution in [0.3, 0.4) is 0 Å². The molecule has 1 aliphatic heterocycles. The van der Waals surface area contributed by atoms with Crippen LogP contribution in [0, 0.1) is 11.3 Å². The predicted octanol–water partition coefficient (Wildman–Crippen LogP) is 4.40. The van der Waals surface area contributed by atoms with E-state index in [2.05, 4.69) is 36.2 Å². The lowest BCUT2D eigenvalue weighted by Gasteiger charge is -2.23. The van der Waals surface area contributed by atoms with Gasteiger partial charge in [-0.2, -0.15) is 5.26 Å². The van der Waals surface area contributed by atoms with Crippen molar-refractivity contribution in [1.82, 2.24) is 0 Å². The second kappa shape index (κ2) is 7.61. The molecule has 0 bridgehead atoms. The zero-order valence-corrected chi connectivity index (χ0v) is 16.5. The van der Waals surface area contributed by atoms with Crippen molar-refractivity contribution in [1.29, 1.82) is 5.26 Å². The molecule has 0 atom stereocenters. The Morgan fingerprint density at radius 1 is 1.18 bits per heavy atom. The van der Waals surface area contributed by atoms with Gasteiger partial charge in [0.1, 0.15) is 17.4 Å². The summed E-state index contributed by atoms with van der Waals surface area (Å²) >= 11 is 0. The third-order valence-electron chi connectivity index (χ3n) is 5.06. The number of nitrogens with one attached hydrogen (secondary N) is 1. The number of likely N-dealkylation sites (N-methyl/N-ethyl adjacent to an activating group) is 1. The Balaban J connectivity index is 1.84. The molecule has 1 heterocycles. The van der Waals surface area contributed by atoms with Gasteiger partial charge in [0, 0.05) is 29.5 Å². The highest BCUT2D eigenvalue weighted by molar-refractivity contribution is 6.06. The Morgan fingerprint density at radius 2 is 1.86 bits per heavy atom. The van der Waals surface area contributed by atoms with Crippen LogP contribution in [-0.2, 0) is 10.2 Å². The fourth-order valence-electron chi connectivity index (χ4n) is 3.50. The molecule has 3 rings (SSSR count). The molecule has 2 aromatic carbocycles. The molecule has 28 heavy (non-hydrogen) atoms. The minimum Gasteiger partial charge on any atom is -0.497 e. The second-order valence-corrected chi connectivity index (χ2v) is 7.13. The summed E-state index contributed by atoms with van der Waals surface area (Å²) in [6, 6.07) is 17.2. The lowest BCUT2D eigenvalue weighted by molar-refractivity contribution is -0.112. The first-order valence-corrected chi connectivity index (χ1v) is 8.99. The molecule has 0 radical (unpaired) electrons. The van der Waals surface area contributed by atoms with Gasteiger partial charge in [0.05, 0.1) is 7.11 Å². The van der Waals surface area contributed by atoms with Crippen LogP contribution in [0.4, 0.5) is 11.4 Å². The minimum atomic E-state index is -0.444. The van der Waals surface area contributed by atoms with Crippen molar-refractivity contribution in [2.45, 2.75) is 19.3 Å². The Labute approximate surface area is 165 Å². The van der Waals surface area contributed by atoms with Gasteiger partial charge in [0.15, 0.2) is 0 Å². The number of anilines is 2. The van der Waals surface area contributed by atoms with E-state index in [4.69, 9.17) is 4.74 Å². The molecule has 142 valence electrons. The number of nitrogens with zero attached hydrogens (tertiary/aromatic N) is 2. The summed E-state index contributed by atoms with van der Waals surface area (Å²) in [4.78, 5) is 14.6. The van der Waals surface area contributed by atoms with Crippen molar-refractivity contribution in [3.63, 3.8) is 0 Å². The number of allylic oxidation sites excluding steroid dienone is 3. The fraction of sp³-hybridized carbons (Fsp3) is 0.217. The molecule has 2 aromatic rings. The highest BCUT2D eigenvalue weighted by atomic mass is 16.5. The average Bonchev–Trinajstić information content (AvgIpc) is 2.89. The molecule has 1 aliphatic rings. The van der Waals surface area contributed by atoms with E-state index < -0.39 is 5.91 Å². The number of methoxy groups -OCH3 is 1. The molecule has 0 saturated carbocycles. The number of carbonyl (C=O) groups is 1. The molecule has 0 unspecified atom stereocenters. The maximum Gasteiger partial charge on any atom is 0.266 e. The number of amides is 1. The number of fused-ring (bicyclic) bond motifs is 1. The van der Waals surface area contributed by atoms with Gasteiger partial charge < -0.3 is 15.0 Å². The van der Waals surface area contributed by atoms with Gasteiger partial charge in [0.25, 0.3) is 5.91 Å². The highest BCUT2D eigenvalue weighted by Crippen LogP contribution is 2.46. The van der Waals surface area contributed by atoms with E-state index in [0.717, 1.165) is 11.4 Å². The van der Waals surface area contributed by atoms with E-state index in [9.17, 15) is 10.1 Å². The minimum absolute atomic E-state index is 0.0449. The van der Waals surface area contributed by atoms with Crippen LogP contribution >= 0.6 is 0 Å². The molecule has 0 spiro atoms. The van der Waals surface area contributed by atoms with Crippen molar-refractivity contribution in [3.05, 3.63) is 77.5 Å². The van der Waals surface area contributed by atoms with E-state index in [0.29, 0.717) is 11.4 Å². The first-order chi connectivity index (χ1) is 13.4. The third-order valence-corrected chi connectivity index (χ3v) is 5.06. The van der Waals surface area contributed by atoms with Crippen LogP contribution in [0.5, 0.6) is 5.75 Å². The molecule has 1 N–H and O–H groups in total. The number of hydrogen-bond acceptors (Lipinski definition) is 4. The smallest absolute Gasteiger partial charge is 0.266 e. The topological polar surface area (TPSA) is 65.4 Å². The monoisotopic (exact) mass is 373 g/mol. The Bertz CT molecular complexity index is 995. The summed E-state index contributed by atoms with van der Waals surface area (Å²) in [5, 5.41) is 12.2. The number of benzene rings is 2. The summed E-state index contributed by atoms with van der Waals surface area (Å²) in [6.07, 6.45) is 3.43. The first-order valence-electron chi connectivity index (χ1n) is 8.99. The third kappa shape index (κ3) is 3.49. The molecular weight excluding hydrogens is 350 g/mol. The van der Waals surface area contributed by atoms with Gasteiger partial charge in [-0.25, -0.2) is 0 Å². The molecule has 1 amide bonds. The number of rotatable bonds is 4. The lowest BCUT2D eigenvalue weighted by Crippen LogP contribution is -2.22. The Hall–Kier alpha value is -3.52. The van der Waals surface area contributed by atoms with Gasteiger partial charge in [-0.15, -0.1) is 0 Å². The van der Waals surface area contributed by atoms with Crippen LogP contribution < -0.4 is 15.0 Å². The van der Waals surface area contributed by atoms with Crippen LogP contribution in [0.1, 0.15) is 19.4 Å². The Kier molecular flexibility index (Phi) is 5.23. The van der Waals surface area contributed by atoms with E-state index in [-0.39, 0.29) is 11.0 Å². The van der Waals surface area contributed by atoms with Crippen molar-refractivity contribution in [3.8, 4) is 11.8 Å². The van der Waals surface area contributed by atoms with Gasteiger partial charge >= 0.3 is 0 Å². The molecular formula is C23H23N3O2. The molecule has 5 heteroatoms. The van der Waals surface area contributed by atoms with Crippen molar-refractivity contribution in [2.75, 3.05) is 24.4 Å². The first kappa shape index (κ1) is 19.2. The molecule has 0 aromatic heterocycles. The summed E-state index contributed by atoms with van der Waals surface area (Å²) in [5.74, 6) is 0.255. The lowest BCUT2D eigenvalue weighted by atomic mass is 9.83. The molecule has 0 aliphatic carbocycles. The number of carbonyl (C=O) groups excluding carboxylic acids is 1. The normalized spacial score (nSPS) is 16.5. The van der Waals surface area contributed by atoms with Gasteiger partial charge in [-0.1, -0.05) is 32.0 Å². The summed E-state index contributed by atoms with van der Waals surface area (Å²) in [5.41, 5.74) is 3.81. The summed E-state index contributed by atoms with van der Waals surface area (Å²) in [6.45, 7) is 4.27. The second-order valence-electron chi connectivity index (χ2n) is 7.13. The van der Waals surface area contributed by atoms with E-state index >= 15 is 0 Å². The number of nitriles is 1. The molecule has 0 fully saturated rings. The number of hydrogen-bond donors (Lipinski definition) is 1. The van der Waals surface area contributed by atoms with E-state index in [1.165, 1.54) is 5.56 Å².